The fourth-order valence-electron chi connectivity index (χ4n) is 3.39. The molecule has 0 radical (unpaired) electrons. The van der Waals surface area contributed by atoms with E-state index >= 15 is 0 Å². The lowest BCUT2D eigenvalue weighted by Gasteiger charge is -2.42. The number of halogens is 2. The number of amides is 1. The molecule has 0 saturated heterocycles. The zero-order chi connectivity index (χ0) is 23.1. The summed E-state index contributed by atoms with van der Waals surface area (Å²) in [6.45, 7) is 2.86. The molecule has 2 aromatic carbocycles. The minimum atomic E-state index is -4.55. The van der Waals surface area contributed by atoms with Gasteiger partial charge in [-0.1, -0.05) is 0 Å². The number of hydrogen-bond donors (Lipinski definition) is 2. The number of ether oxygens (including phenoxy) is 1. The number of hydrogen-bond acceptors (Lipinski definition) is 6. The molecule has 10 nitrogen and oxygen atoms in total. The Kier molecular flexibility index (Phi) is 5.72. The first-order chi connectivity index (χ1) is 14.4. The highest BCUT2D eigenvalue weighted by Gasteiger charge is 2.43. The molecule has 0 saturated carbocycles. The second-order valence-electron chi connectivity index (χ2n) is 6.85. The quantitative estimate of drug-likeness (QED) is 0.520. The number of carboxylic acid groups (broad SMARTS) is 1. The van der Waals surface area contributed by atoms with Crippen molar-refractivity contribution in [3.05, 3.63) is 58.1 Å². The van der Waals surface area contributed by atoms with E-state index in [1.165, 1.54) is 19.9 Å². The SMILES string of the molecule is CC(NC(=O)O)[C@@H]1Oc2ccc([N+](=O)[O-])cc2N(S(=O)(=O)c2ccc(F)c(F)c2)C1C. The molecule has 2 aromatic rings. The van der Waals surface area contributed by atoms with Gasteiger partial charge in [0.25, 0.3) is 15.7 Å². The summed E-state index contributed by atoms with van der Waals surface area (Å²) in [5.41, 5.74) is -0.611. The fraction of sp³-hybridized carbons (Fsp3) is 0.278. The summed E-state index contributed by atoms with van der Waals surface area (Å²) < 4.78 is 60.4. The number of rotatable bonds is 5. The summed E-state index contributed by atoms with van der Waals surface area (Å²) in [5, 5.41) is 22.4. The molecule has 0 aliphatic carbocycles. The van der Waals surface area contributed by atoms with Crippen molar-refractivity contribution in [2.75, 3.05) is 4.31 Å². The standard InChI is InChI=1S/C18H17F2N3O7S/c1-9(21-18(24)25)17-10(2)22(15-7-11(23(26)27)3-6-16(15)30-17)31(28,29)12-4-5-13(19)14(20)8-12/h3-10,17,21H,1-2H3,(H,24,25)/t9?,10?,17-/m0/s1. The van der Waals surface area contributed by atoms with Gasteiger partial charge in [-0.2, -0.15) is 0 Å². The van der Waals surface area contributed by atoms with Crippen LogP contribution >= 0.6 is 0 Å². The highest BCUT2D eigenvalue weighted by Crippen LogP contribution is 2.42. The van der Waals surface area contributed by atoms with Gasteiger partial charge in [-0.15, -0.1) is 0 Å². The second kappa shape index (κ2) is 7.98. The first-order valence-electron chi connectivity index (χ1n) is 8.87. The van der Waals surface area contributed by atoms with E-state index in [9.17, 15) is 32.1 Å². The summed E-state index contributed by atoms with van der Waals surface area (Å²) in [7, 11) is -4.55. The summed E-state index contributed by atoms with van der Waals surface area (Å²) in [5.74, 6) is -2.69. The lowest BCUT2D eigenvalue weighted by molar-refractivity contribution is -0.384. The Balaban J connectivity index is 2.19. The molecule has 166 valence electrons. The molecule has 3 atom stereocenters. The van der Waals surface area contributed by atoms with Crippen molar-refractivity contribution < 1.29 is 36.8 Å². The van der Waals surface area contributed by atoms with Crippen LogP contribution in [0, 0.1) is 21.7 Å². The number of sulfonamides is 1. The second-order valence-corrected chi connectivity index (χ2v) is 8.66. The topological polar surface area (TPSA) is 139 Å². The van der Waals surface area contributed by atoms with E-state index in [4.69, 9.17) is 9.84 Å². The van der Waals surface area contributed by atoms with E-state index in [1.54, 1.807) is 0 Å². The van der Waals surface area contributed by atoms with Gasteiger partial charge in [0.15, 0.2) is 11.6 Å². The summed E-state index contributed by atoms with van der Waals surface area (Å²) in [4.78, 5) is 20.9. The van der Waals surface area contributed by atoms with E-state index in [1.807, 2.05) is 0 Å². The molecule has 3 rings (SSSR count). The smallest absolute Gasteiger partial charge is 0.405 e. The van der Waals surface area contributed by atoms with Crippen LogP contribution in [-0.2, 0) is 10.0 Å². The highest BCUT2D eigenvalue weighted by atomic mass is 32.2. The minimum absolute atomic E-state index is 0.0566. The predicted octanol–water partition coefficient (Wildman–Crippen LogP) is 2.87. The van der Waals surface area contributed by atoms with Gasteiger partial charge in [-0.05, 0) is 38.1 Å². The zero-order valence-electron chi connectivity index (χ0n) is 16.2. The van der Waals surface area contributed by atoms with Crippen LogP contribution in [0.2, 0.25) is 0 Å². The van der Waals surface area contributed by atoms with Gasteiger partial charge < -0.3 is 15.2 Å². The van der Waals surface area contributed by atoms with Gasteiger partial charge in [0.2, 0.25) is 0 Å². The Morgan fingerprint density at radius 1 is 1.26 bits per heavy atom. The predicted molar refractivity (Wildman–Crippen MR) is 104 cm³/mol. The normalized spacial score (nSPS) is 19.2. The highest BCUT2D eigenvalue weighted by molar-refractivity contribution is 7.92. The van der Waals surface area contributed by atoms with E-state index in [2.05, 4.69) is 5.32 Å². The van der Waals surface area contributed by atoms with E-state index in [0.717, 1.165) is 22.5 Å². The number of nitrogens with one attached hydrogen (secondary N) is 1. The molecule has 2 unspecified atom stereocenters. The summed E-state index contributed by atoms with van der Waals surface area (Å²) in [6.07, 6.45) is -2.40. The maximum atomic E-state index is 13.7. The van der Waals surface area contributed by atoms with Crippen LogP contribution in [0.5, 0.6) is 5.75 Å². The third-order valence-corrected chi connectivity index (χ3v) is 6.69. The minimum Gasteiger partial charge on any atom is -0.484 e. The third-order valence-electron chi connectivity index (χ3n) is 4.79. The van der Waals surface area contributed by atoms with Crippen molar-refractivity contribution in [2.45, 2.75) is 36.9 Å². The first-order valence-corrected chi connectivity index (χ1v) is 10.3. The van der Waals surface area contributed by atoms with Crippen molar-refractivity contribution in [3.8, 4) is 5.75 Å². The van der Waals surface area contributed by atoms with E-state index < -0.39 is 61.4 Å². The van der Waals surface area contributed by atoms with Gasteiger partial charge in [0, 0.05) is 12.1 Å². The Morgan fingerprint density at radius 3 is 2.52 bits per heavy atom. The van der Waals surface area contributed by atoms with Gasteiger partial charge in [-0.3, -0.25) is 14.4 Å². The Labute approximate surface area is 175 Å². The summed E-state index contributed by atoms with van der Waals surface area (Å²) in [6, 6.07) is 3.31. The molecule has 0 aromatic heterocycles. The molecule has 0 bridgehead atoms. The van der Waals surface area contributed by atoms with E-state index in [-0.39, 0.29) is 11.4 Å². The Bertz CT molecular complexity index is 1160. The molecule has 0 spiro atoms. The number of anilines is 1. The van der Waals surface area contributed by atoms with E-state index in [0.29, 0.717) is 12.1 Å². The van der Waals surface area contributed by atoms with Crippen molar-refractivity contribution in [1.82, 2.24) is 5.32 Å². The lowest BCUT2D eigenvalue weighted by Crippen LogP contribution is -2.58. The molecule has 31 heavy (non-hydrogen) atoms. The number of nitrogens with zero attached hydrogens (tertiary/aromatic N) is 2. The van der Waals surface area contributed by atoms with Gasteiger partial charge in [0.1, 0.15) is 17.5 Å². The van der Waals surface area contributed by atoms with Crippen molar-refractivity contribution in [2.24, 2.45) is 0 Å². The lowest BCUT2D eigenvalue weighted by atomic mass is 10.0. The van der Waals surface area contributed by atoms with Crippen molar-refractivity contribution in [1.29, 1.82) is 0 Å². The molecule has 1 aliphatic rings. The number of non-ortho nitro benzene ring substituents is 1. The van der Waals surface area contributed by atoms with Crippen LogP contribution in [-0.4, -0.2) is 42.7 Å². The average molecular weight is 457 g/mol. The zero-order valence-corrected chi connectivity index (χ0v) is 17.0. The molecular weight excluding hydrogens is 440 g/mol. The van der Waals surface area contributed by atoms with Crippen LogP contribution in [0.3, 0.4) is 0 Å². The molecule has 1 aliphatic heterocycles. The molecule has 13 heteroatoms. The van der Waals surface area contributed by atoms with Crippen LogP contribution in [0.25, 0.3) is 0 Å². The third kappa shape index (κ3) is 4.08. The summed E-state index contributed by atoms with van der Waals surface area (Å²) >= 11 is 0. The maximum Gasteiger partial charge on any atom is 0.405 e. The van der Waals surface area contributed by atoms with Gasteiger partial charge >= 0.3 is 6.09 Å². The first kappa shape index (κ1) is 22.2. The number of fused-ring (bicyclic) bond motifs is 1. The molecule has 2 N–H and O–H groups in total. The Hall–Kier alpha value is -3.48. The van der Waals surface area contributed by atoms with Gasteiger partial charge in [0.05, 0.1) is 21.9 Å². The molecule has 1 heterocycles. The Morgan fingerprint density at radius 2 is 1.94 bits per heavy atom. The molecule has 1 amide bonds. The van der Waals surface area contributed by atoms with Crippen LogP contribution in [0.1, 0.15) is 13.8 Å². The largest absolute Gasteiger partial charge is 0.484 e. The number of nitro groups is 1. The number of nitro benzene ring substituents is 1. The average Bonchev–Trinajstić information content (AvgIpc) is 2.68. The molecular formula is C18H17F2N3O7S. The van der Waals surface area contributed by atoms with Gasteiger partial charge in [-0.25, -0.2) is 22.0 Å². The number of benzene rings is 2. The maximum absolute atomic E-state index is 13.7. The monoisotopic (exact) mass is 457 g/mol. The van der Waals surface area contributed by atoms with Crippen LogP contribution < -0.4 is 14.4 Å². The van der Waals surface area contributed by atoms with Crippen molar-refractivity contribution >= 4 is 27.5 Å². The number of carbonyl (C=O) groups is 1. The molecule has 0 fully saturated rings. The fourth-order valence-corrected chi connectivity index (χ4v) is 5.06. The van der Waals surface area contributed by atoms with Crippen LogP contribution in [0.4, 0.5) is 25.0 Å². The van der Waals surface area contributed by atoms with Crippen molar-refractivity contribution in [3.63, 3.8) is 0 Å². The van der Waals surface area contributed by atoms with Crippen LogP contribution in [0.15, 0.2) is 41.3 Å².